The number of esters is 2. The second-order valence-electron chi connectivity index (χ2n) is 4.98. The highest BCUT2D eigenvalue weighted by Crippen LogP contribution is 2.19. The zero-order valence-electron chi connectivity index (χ0n) is 13.4. The Balaban J connectivity index is 2.02. The molecule has 4 nitrogen and oxygen atoms in total. The molecule has 4 heteroatoms. The lowest BCUT2D eigenvalue weighted by molar-refractivity contribution is -0.138. The number of ether oxygens (including phenoxy) is 2. The van der Waals surface area contributed by atoms with E-state index >= 15 is 0 Å². The summed E-state index contributed by atoms with van der Waals surface area (Å²) in [6.07, 6.45) is 3.05. The van der Waals surface area contributed by atoms with Crippen LogP contribution >= 0.6 is 0 Å². The van der Waals surface area contributed by atoms with Crippen molar-refractivity contribution in [3.63, 3.8) is 0 Å². The first-order valence-electron chi connectivity index (χ1n) is 7.37. The number of rotatable bonds is 6. The van der Waals surface area contributed by atoms with Gasteiger partial charge in [0, 0.05) is 6.08 Å². The van der Waals surface area contributed by atoms with Crippen molar-refractivity contribution in [3.8, 4) is 0 Å². The van der Waals surface area contributed by atoms with Gasteiger partial charge in [-0.15, -0.1) is 0 Å². The van der Waals surface area contributed by atoms with Gasteiger partial charge in [-0.3, -0.25) is 0 Å². The molecule has 2 aromatic carbocycles. The van der Waals surface area contributed by atoms with Crippen molar-refractivity contribution in [2.45, 2.75) is 6.61 Å². The Bertz CT molecular complexity index is 760. The summed E-state index contributed by atoms with van der Waals surface area (Å²) in [6.45, 7) is 3.78. The van der Waals surface area contributed by atoms with Gasteiger partial charge in [0.05, 0.1) is 12.7 Å². The fourth-order valence-electron chi connectivity index (χ4n) is 2.10. The summed E-state index contributed by atoms with van der Waals surface area (Å²) in [4.78, 5) is 23.5. The third kappa shape index (κ3) is 4.68. The Morgan fingerprint density at radius 1 is 1.04 bits per heavy atom. The average Bonchev–Trinajstić information content (AvgIpc) is 2.64. The van der Waals surface area contributed by atoms with Crippen LogP contribution in [0.2, 0.25) is 0 Å². The van der Waals surface area contributed by atoms with Gasteiger partial charge < -0.3 is 9.47 Å². The molecule has 0 unspecified atom stereocenters. The van der Waals surface area contributed by atoms with Gasteiger partial charge in [0.25, 0.3) is 0 Å². The van der Waals surface area contributed by atoms with Crippen molar-refractivity contribution in [1.82, 2.24) is 0 Å². The van der Waals surface area contributed by atoms with E-state index in [1.165, 1.54) is 13.2 Å². The molecule has 0 amide bonds. The highest BCUT2D eigenvalue weighted by molar-refractivity contribution is 6.15. The van der Waals surface area contributed by atoms with Crippen LogP contribution in [0.1, 0.15) is 16.7 Å². The molecule has 0 aromatic heterocycles. The molecule has 0 saturated heterocycles. The first kappa shape index (κ1) is 17.2. The summed E-state index contributed by atoms with van der Waals surface area (Å²) in [6, 6.07) is 16.6. The van der Waals surface area contributed by atoms with Crippen LogP contribution in [-0.2, 0) is 25.7 Å². The molecule has 0 aliphatic carbocycles. The molecule has 0 atom stereocenters. The summed E-state index contributed by atoms with van der Waals surface area (Å²) in [5, 5.41) is 0. The third-order valence-corrected chi connectivity index (χ3v) is 3.36. The van der Waals surface area contributed by atoms with Crippen LogP contribution < -0.4 is 0 Å². The lowest BCUT2D eigenvalue weighted by atomic mass is 10.0. The zero-order chi connectivity index (χ0) is 17.4. The number of methoxy groups -OCH3 is 1. The molecular weight excluding hydrogens is 304 g/mol. The van der Waals surface area contributed by atoms with Crippen molar-refractivity contribution in [3.05, 3.63) is 83.9 Å². The second kappa shape index (κ2) is 8.48. The molecule has 122 valence electrons. The Kier molecular flexibility index (Phi) is 6.08. The molecule has 0 heterocycles. The molecule has 24 heavy (non-hydrogen) atoms. The van der Waals surface area contributed by atoms with Crippen LogP contribution in [0.5, 0.6) is 0 Å². The molecule has 2 aromatic rings. The number of hydrogen-bond donors (Lipinski definition) is 0. The van der Waals surface area contributed by atoms with Crippen molar-refractivity contribution < 1.29 is 19.1 Å². The van der Waals surface area contributed by atoms with E-state index in [-0.39, 0.29) is 12.2 Å². The van der Waals surface area contributed by atoms with E-state index in [2.05, 4.69) is 11.3 Å². The quantitative estimate of drug-likeness (QED) is 0.602. The first-order valence-corrected chi connectivity index (χ1v) is 7.37. The van der Waals surface area contributed by atoms with Crippen LogP contribution in [0.3, 0.4) is 0 Å². The van der Waals surface area contributed by atoms with E-state index in [0.29, 0.717) is 11.1 Å². The molecule has 0 bridgehead atoms. The summed E-state index contributed by atoms with van der Waals surface area (Å²) < 4.78 is 9.91. The third-order valence-electron chi connectivity index (χ3n) is 3.36. The number of carbonyl (C=O) groups excluding carboxylic acids is 2. The summed E-state index contributed by atoms with van der Waals surface area (Å²) in [7, 11) is 1.30. The van der Waals surface area contributed by atoms with Crippen LogP contribution in [0.15, 0.2) is 67.3 Å². The van der Waals surface area contributed by atoms with Crippen molar-refractivity contribution in [2.75, 3.05) is 7.11 Å². The van der Waals surface area contributed by atoms with E-state index in [4.69, 9.17) is 4.74 Å². The maximum atomic E-state index is 11.8. The standard InChI is InChI=1S/C20H18O4/c1-15(20(22)23-2)18-11-7-6-10-17(18)14-24-19(21)13-12-16-8-4-3-5-9-16/h3-13H,1,14H2,2H3/b13-12+. The smallest absolute Gasteiger partial charge is 0.337 e. The molecule has 0 spiro atoms. The van der Waals surface area contributed by atoms with Gasteiger partial charge in [0.2, 0.25) is 0 Å². The molecule has 0 fully saturated rings. The average molecular weight is 322 g/mol. The van der Waals surface area contributed by atoms with Crippen molar-refractivity contribution in [1.29, 1.82) is 0 Å². The maximum absolute atomic E-state index is 11.8. The van der Waals surface area contributed by atoms with E-state index < -0.39 is 11.9 Å². The van der Waals surface area contributed by atoms with Gasteiger partial charge in [0.15, 0.2) is 0 Å². The minimum Gasteiger partial charge on any atom is -0.465 e. The van der Waals surface area contributed by atoms with Crippen LogP contribution in [0, 0.1) is 0 Å². The Morgan fingerprint density at radius 2 is 1.71 bits per heavy atom. The van der Waals surface area contributed by atoms with Gasteiger partial charge in [-0.1, -0.05) is 61.2 Å². The topological polar surface area (TPSA) is 52.6 Å². The van der Waals surface area contributed by atoms with Gasteiger partial charge in [0.1, 0.15) is 6.61 Å². The Hall–Kier alpha value is -3.14. The van der Waals surface area contributed by atoms with E-state index in [9.17, 15) is 9.59 Å². The fraction of sp³-hybridized carbons (Fsp3) is 0.100. The highest BCUT2D eigenvalue weighted by Gasteiger charge is 2.14. The lowest BCUT2D eigenvalue weighted by Gasteiger charge is -2.10. The van der Waals surface area contributed by atoms with Gasteiger partial charge in [-0.2, -0.15) is 0 Å². The minimum atomic E-state index is -0.516. The second-order valence-corrected chi connectivity index (χ2v) is 4.98. The summed E-state index contributed by atoms with van der Waals surface area (Å²) in [5.41, 5.74) is 2.43. The van der Waals surface area contributed by atoms with Gasteiger partial charge >= 0.3 is 11.9 Å². The highest BCUT2D eigenvalue weighted by atomic mass is 16.5. The largest absolute Gasteiger partial charge is 0.465 e. The molecule has 0 radical (unpaired) electrons. The van der Waals surface area contributed by atoms with Crippen molar-refractivity contribution >= 4 is 23.6 Å². The number of benzene rings is 2. The van der Waals surface area contributed by atoms with E-state index in [1.54, 1.807) is 30.3 Å². The summed E-state index contributed by atoms with van der Waals surface area (Å²) >= 11 is 0. The van der Waals surface area contributed by atoms with E-state index in [0.717, 1.165) is 5.56 Å². The zero-order valence-corrected chi connectivity index (χ0v) is 13.4. The minimum absolute atomic E-state index is 0.0458. The van der Waals surface area contributed by atoms with Crippen molar-refractivity contribution in [2.24, 2.45) is 0 Å². The molecule has 2 rings (SSSR count). The predicted octanol–water partition coefficient (Wildman–Crippen LogP) is 3.63. The SMILES string of the molecule is C=C(C(=O)OC)c1ccccc1COC(=O)/C=C/c1ccccc1. The molecule has 0 aliphatic heterocycles. The van der Waals surface area contributed by atoms with Crippen LogP contribution in [-0.4, -0.2) is 19.0 Å². The number of carbonyl (C=O) groups is 2. The Morgan fingerprint density at radius 3 is 2.42 bits per heavy atom. The van der Waals surface area contributed by atoms with Gasteiger partial charge in [-0.25, -0.2) is 9.59 Å². The summed E-state index contributed by atoms with van der Waals surface area (Å²) in [5.74, 6) is -0.977. The number of hydrogen-bond acceptors (Lipinski definition) is 4. The first-order chi connectivity index (χ1) is 11.6. The van der Waals surface area contributed by atoms with Crippen LogP contribution in [0.4, 0.5) is 0 Å². The normalized spacial score (nSPS) is 10.4. The molecule has 0 aliphatic rings. The Labute approximate surface area is 141 Å². The van der Waals surface area contributed by atoms with Crippen LogP contribution in [0.25, 0.3) is 11.6 Å². The fourth-order valence-corrected chi connectivity index (χ4v) is 2.10. The van der Waals surface area contributed by atoms with E-state index in [1.807, 2.05) is 30.3 Å². The predicted molar refractivity (Wildman–Crippen MR) is 92.8 cm³/mol. The molecule has 0 saturated carbocycles. The monoisotopic (exact) mass is 322 g/mol. The maximum Gasteiger partial charge on any atom is 0.337 e. The molecule has 0 N–H and O–H groups in total. The molecular formula is C20H18O4. The van der Waals surface area contributed by atoms with Gasteiger partial charge in [-0.05, 0) is 22.8 Å². The lowest BCUT2D eigenvalue weighted by Crippen LogP contribution is -2.07.